The van der Waals surface area contributed by atoms with E-state index in [2.05, 4.69) is 31.0 Å². The lowest BCUT2D eigenvalue weighted by atomic mass is 10.1. The average Bonchev–Trinajstić information content (AvgIpc) is 2.54. The van der Waals surface area contributed by atoms with Crippen LogP contribution in [0.2, 0.25) is 5.02 Å². The third kappa shape index (κ3) is 5.02. The maximum atomic E-state index is 6.34. The molecule has 0 radical (unpaired) electrons. The van der Waals surface area contributed by atoms with Crippen LogP contribution in [0.1, 0.15) is 16.7 Å². The first-order valence-electron chi connectivity index (χ1n) is 7.50. The van der Waals surface area contributed by atoms with Gasteiger partial charge in [0.15, 0.2) is 11.5 Å². The van der Waals surface area contributed by atoms with E-state index in [0.717, 1.165) is 17.7 Å². The minimum absolute atomic E-state index is 0.475. The van der Waals surface area contributed by atoms with Crippen molar-refractivity contribution in [2.24, 2.45) is 0 Å². The summed E-state index contributed by atoms with van der Waals surface area (Å²) in [4.78, 5) is 0. The summed E-state index contributed by atoms with van der Waals surface area (Å²) in [5.74, 6) is 1.32. The molecule has 0 amide bonds. The zero-order chi connectivity index (χ0) is 16.7. The Morgan fingerprint density at radius 3 is 2.74 bits per heavy atom. The molecule has 0 bridgehead atoms. The Balaban J connectivity index is 2.11. The Morgan fingerprint density at radius 2 is 2.04 bits per heavy atom. The normalized spacial score (nSPS) is 10.4. The first kappa shape index (κ1) is 17.4. The number of hydrogen-bond donors (Lipinski definition) is 1. The monoisotopic (exact) mass is 331 g/mol. The van der Waals surface area contributed by atoms with Crippen molar-refractivity contribution in [1.29, 1.82) is 0 Å². The average molecular weight is 332 g/mol. The second-order valence-corrected chi connectivity index (χ2v) is 5.70. The van der Waals surface area contributed by atoms with Crippen molar-refractivity contribution in [3.05, 3.63) is 70.8 Å². The van der Waals surface area contributed by atoms with Crippen molar-refractivity contribution in [1.82, 2.24) is 5.32 Å². The number of nitrogens with one attached hydrogen (secondary N) is 1. The van der Waals surface area contributed by atoms with Crippen molar-refractivity contribution in [3.63, 3.8) is 0 Å². The summed E-state index contributed by atoms with van der Waals surface area (Å²) < 4.78 is 11.3. The van der Waals surface area contributed by atoms with Gasteiger partial charge in [0.2, 0.25) is 0 Å². The maximum Gasteiger partial charge on any atom is 0.163 e. The number of benzene rings is 2. The third-order valence-electron chi connectivity index (χ3n) is 3.41. The van der Waals surface area contributed by atoms with Gasteiger partial charge < -0.3 is 14.8 Å². The summed E-state index contributed by atoms with van der Waals surface area (Å²) in [5, 5.41) is 3.88. The Hall–Kier alpha value is -1.97. The smallest absolute Gasteiger partial charge is 0.163 e. The highest BCUT2D eigenvalue weighted by Gasteiger charge is 2.11. The van der Waals surface area contributed by atoms with Gasteiger partial charge in [-0.3, -0.25) is 0 Å². The first-order chi connectivity index (χ1) is 11.1. The molecule has 0 aliphatic rings. The molecule has 0 atom stereocenters. The van der Waals surface area contributed by atoms with Crippen LogP contribution in [0.5, 0.6) is 11.5 Å². The zero-order valence-corrected chi connectivity index (χ0v) is 14.3. The highest BCUT2D eigenvalue weighted by Crippen LogP contribution is 2.34. The van der Waals surface area contributed by atoms with Crippen LogP contribution in [0.4, 0.5) is 0 Å². The topological polar surface area (TPSA) is 30.5 Å². The molecule has 0 unspecified atom stereocenters. The highest BCUT2D eigenvalue weighted by molar-refractivity contribution is 6.31. The molecule has 0 aromatic heterocycles. The van der Waals surface area contributed by atoms with Crippen molar-refractivity contribution >= 4 is 11.6 Å². The second-order valence-electron chi connectivity index (χ2n) is 5.29. The Bertz CT molecular complexity index is 670. The number of halogens is 1. The van der Waals surface area contributed by atoms with Crippen LogP contribution in [0.25, 0.3) is 0 Å². The van der Waals surface area contributed by atoms with Gasteiger partial charge in [-0.1, -0.05) is 47.5 Å². The quantitative estimate of drug-likeness (QED) is 0.570. The predicted octanol–water partition coefficient (Wildman–Crippen LogP) is 4.51. The molecule has 1 N–H and O–H groups in total. The van der Waals surface area contributed by atoms with E-state index in [1.165, 1.54) is 5.56 Å². The Morgan fingerprint density at radius 1 is 1.22 bits per heavy atom. The Labute approximate surface area is 142 Å². The van der Waals surface area contributed by atoms with Crippen molar-refractivity contribution in [3.8, 4) is 11.5 Å². The van der Waals surface area contributed by atoms with E-state index in [9.17, 15) is 0 Å². The Kier molecular flexibility index (Phi) is 6.51. The van der Waals surface area contributed by atoms with Crippen LogP contribution < -0.4 is 14.8 Å². The molecule has 3 nitrogen and oxygen atoms in total. The van der Waals surface area contributed by atoms with E-state index in [-0.39, 0.29) is 0 Å². The molecular formula is C19H22ClNO2. The molecule has 0 saturated heterocycles. The lowest BCUT2D eigenvalue weighted by Crippen LogP contribution is -2.13. The highest BCUT2D eigenvalue weighted by atomic mass is 35.5. The van der Waals surface area contributed by atoms with Crippen LogP contribution in [-0.2, 0) is 13.2 Å². The molecule has 23 heavy (non-hydrogen) atoms. The standard InChI is InChI=1S/C19H22ClNO2/c1-4-8-21-12-16-10-18(22-3)19(11-17(16)20)23-13-15-7-5-6-14(2)9-15/h4-7,9-11,21H,1,8,12-13H2,2-3H3. The number of aryl methyl sites for hydroxylation is 1. The minimum atomic E-state index is 0.475. The van der Waals surface area contributed by atoms with Gasteiger partial charge in [-0.15, -0.1) is 6.58 Å². The minimum Gasteiger partial charge on any atom is -0.493 e. The molecule has 4 heteroatoms. The summed E-state index contributed by atoms with van der Waals surface area (Å²) >= 11 is 6.34. The van der Waals surface area contributed by atoms with Crippen molar-refractivity contribution < 1.29 is 9.47 Å². The summed E-state index contributed by atoms with van der Waals surface area (Å²) in [5.41, 5.74) is 3.29. The summed E-state index contributed by atoms with van der Waals surface area (Å²) in [6, 6.07) is 11.9. The number of rotatable bonds is 8. The van der Waals surface area contributed by atoms with Crippen LogP contribution >= 0.6 is 11.6 Å². The molecule has 122 valence electrons. The van der Waals surface area contributed by atoms with E-state index < -0.39 is 0 Å². The molecule has 0 spiro atoms. The van der Waals surface area contributed by atoms with Crippen LogP contribution in [0.15, 0.2) is 49.1 Å². The van der Waals surface area contributed by atoms with Crippen molar-refractivity contribution in [2.75, 3.05) is 13.7 Å². The van der Waals surface area contributed by atoms with Gasteiger partial charge >= 0.3 is 0 Å². The van der Waals surface area contributed by atoms with E-state index in [1.54, 1.807) is 13.2 Å². The SMILES string of the molecule is C=CCNCc1cc(OC)c(OCc2cccc(C)c2)cc1Cl. The van der Waals surface area contributed by atoms with E-state index in [4.69, 9.17) is 21.1 Å². The predicted molar refractivity (Wildman–Crippen MR) is 95.4 cm³/mol. The molecule has 0 aliphatic heterocycles. The van der Waals surface area contributed by atoms with E-state index >= 15 is 0 Å². The van der Waals surface area contributed by atoms with Gasteiger partial charge in [0.25, 0.3) is 0 Å². The molecule has 0 heterocycles. The fourth-order valence-electron chi connectivity index (χ4n) is 2.26. The van der Waals surface area contributed by atoms with Crippen molar-refractivity contribution in [2.45, 2.75) is 20.1 Å². The lowest BCUT2D eigenvalue weighted by Gasteiger charge is -2.14. The van der Waals surface area contributed by atoms with Gasteiger partial charge in [0.1, 0.15) is 6.61 Å². The molecule has 0 fully saturated rings. The number of methoxy groups -OCH3 is 1. The molecule has 0 aliphatic carbocycles. The summed E-state index contributed by atoms with van der Waals surface area (Å²) in [6.45, 7) is 7.60. The number of ether oxygens (including phenoxy) is 2. The van der Waals surface area contributed by atoms with Crippen LogP contribution in [0.3, 0.4) is 0 Å². The fraction of sp³-hybridized carbons (Fsp3) is 0.263. The molecular weight excluding hydrogens is 310 g/mol. The second kappa shape index (κ2) is 8.61. The number of hydrogen-bond acceptors (Lipinski definition) is 3. The summed E-state index contributed by atoms with van der Waals surface area (Å²) in [7, 11) is 1.63. The van der Waals surface area contributed by atoms with Gasteiger partial charge in [-0.25, -0.2) is 0 Å². The molecule has 0 saturated carbocycles. The van der Waals surface area contributed by atoms with Gasteiger partial charge in [-0.05, 0) is 24.1 Å². The van der Waals surface area contributed by atoms with E-state index in [0.29, 0.717) is 29.7 Å². The van der Waals surface area contributed by atoms with Gasteiger partial charge in [0.05, 0.1) is 7.11 Å². The molecule has 2 aromatic rings. The first-order valence-corrected chi connectivity index (χ1v) is 7.88. The van der Waals surface area contributed by atoms with Crippen LogP contribution in [-0.4, -0.2) is 13.7 Å². The molecule has 2 aromatic carbocycles. The fourth-order valence-corrected chi connectivity index (χ4v) is 2.48. The lowest BCUT2D eigenvalue weighted by molar-refractivity contribution is 0.284. The van der Waals surface area contributed by atoms with Gasteiger partial charge in [0, 0.05) is 24.2 Å². The molecule has 2 rings (SSSR count). The van der Waals surface area contributed by atoms with Crippen LogP contribution in [0, 0.1) is 6.92 Å². The largest absolute Gasteiger partial charge is 0.493 e. The summed E-state index contributed by atoms with van der Waals surface area (Å²) in [6.07, 6.45) is 1.81. The third-order valence-corrected chi connectivity index (χ3v) is 3.77. The van der Waals surface area contributed by atoms with E-state index in [1.807, 2.05) is 24.3 Å². The van der Waals surface area contributed by atoms with Gasteiger partial charge in [-0.2, -0.15) is 0 Å². The zero-order valence-electron chi connectivity index (χ0n) is 13.6. The maximum absolute atomic E-state index is 6.34.